The molecule has 2 heterocycles. The maximum atomic E-state index is 13.0. The molecule has 4 rings (SSSR count). The molecule has 2 aromatic heterocycles. The Morgan fingerprint density at radius 2 is 1.83 bits per heavy atom. The predicted octanol–water partition coefficient (Wildman–Crippen LogP) is 3.34. The molecule has 1 amide bonds. The van der Waals surface area contributed by atoms with E-state index in [9.17, 15) is 9.59 Å². The van der Waals surface area contributed by atoms with Gasteiger partial charge >= 0.3 is 0 Å². The van der Waals surface area contributed by atoms with Crippen LogP contribution >= 0.6 is 0 Å². The number of ether oxygens (including phenoxy) is 1. The van der Waals surface area contributed by atoms with E-state index in [1.807, 2.05) is 24.4 Å². The molecule has 6 heteroatoms. The molecule has 1 N–H and O–H groups in total. The molecule has 0 atom stereocenters. The molecular weight excluding hydrogens is 378 g/mol. The molecule has 0 saturated carbocycles. The summed E-state index contributed by atoms with van der Waals surface area (Å²) in [5.74, 6) is -0.190. The van der Waals surface area contributed by atoms with Gasteiger partial charge in [0.2, 0.25) is 0 Å². The van der Waals surface area contributed by atoms with Crippen molar-refractivity contribution in [3.05, 3.63) is 82.4 Å². The average molecular weight is 403 g/mol. The molecule has 0 bridgehead atoms. The van der Waals surface area contributed by atoms with Crippen molar-refractivity contribution in [3.8, 4) is 0 Å². The van der Waals surface area contributed by atoms with Gasteiger partial charge in [-0.05, 0) is 36.6 Å². The normalized spacial score (nSPS) is 11.3. The first-order valence-electron chi connectivity index (χ1n) is 10.0. The Morgan fingerprint density at radius 1 is 1.03 bits per heavy atom. The van der Waals surface area contributed by atoms with Crippen LogP contribution in [0.1, 0.15) is 15.9 Å². The molecule has 0 radical (unpaired) electrons. The molecule has 0 aliphatic heterocycles. The largest absolute Gasteiger partial charge is 0.383 e. The zero-order chi connectivity index (χ0) is 21.1. The maximum Gasteiger partial charge on any atom is 0.258 e. The third-order valence-electron chi connectivity index (χ3n) is 5.34. The summed E-state index contributed by atoms with van der Waals surface area (Å²) in [4.78, 5) is 25.7. The van der Waals surface area contributed by atoms with Crippen LogP contribution in [0.5, 0.6) is 0 Å². The molecule has 0 unspecified atom stereocenters. The van der Waals surface area contributed by atoms with Crippen LogP contribution in [-0.4, -0.2) is 35.3 Å². The van der Waals surface area contributed by atoms with Gasteiger partial charge in [0.25, 0.3) is 11.5 Å². The van der Waals surface area contributed by atoms with Gasteiger partial charge in [-0.1, -0.05) is 29.8 Å². The van der Waals surface area contributed by atoms with Crippen molar-refractivity contribution in [2.24, 2.45) is 0 Å². The molecule has 4 aromatic rings. The van der Waals surface area contributed by atoms with Crippen molar-refractivity contribution in [2.45, 2.75) is 20.0 Å². The monoisotopic (exact) mass is 403 g/mol. The van der Waals surface area contributed by atoms with Crippen molar-refractivity contribution in [1.29, 1.82) is 0 Å². The van der Waals surface area contributed by atoms with Crippen molar-refractivity contribution in [1.82, 2.24) is 14.5 Å². The lowest BCUT2D eigenvalue weighted by atomic mass is 10.1. The number of hydrogen-bond acceptors (Lipinski definition) is 3. The highest BCUT2D eigenvalue weighted by Crippen LogP contribution is 2.18. The van der Waals surface area contributed by atoms with E-state index in [-0.39, 0.29) is 11.5 Å². The number of aryl methyl sites for hydroxylation is 1. The summed E-state index contributed by atoms with van der Waals surface area (Å²) in [6, 6.07) is 15.7. The van der Waals surface area contributed by atoms with E-state index in [1.54, 1.807) is 23.9 Å². The SMILES string of the molecule is COCCn1cc(C(=O)NCCn2ccc3cc(C)ccc32)c2ccccc2c1=O. The summed E-state index contributed by atoms with van der Waals surface area (Å²) < 4.78 is 8.77. The average Bonchev–Trinajstić information content (AvgIpc) is 3.15. The fourth-order valence-corrected chi connectivity index (χ4v) is 3.78. The first-order valence-corrected chi connectivity index (χ1v) is 10.0. The lowest BCUT2D eigenvalue weighted by molar-refractivity contribution is 0.0953. The number of fused-ring (bicyclic) bond motifs is 2. The zero-order valence-electron chi connectivity index (χ0n) is 17.2. The molecule has 0 spiro atoms. The zero-order valence-corrected chi connectivity index (χ0v) is 17.2. The van der Waals surface area contributed by atoms with E-state index in [0.29, 0.717) is 42.6 Å². The highest BCUT2D eigenvalue weighted by atomic mass is 16.5. The van der Waals surface area contributed by atoms with Crippen molar-refractivity contribution in [3.63, 3.8) is 0 Å². The van der Waals surface area contributed by atoms with E-state index in [4.69, 9.17) is 4.74 Å². The van der Waals surface area contributed by atoms with Gasteiger partial charge in [-0.3, -0.25) is 9.59 Å². The summed E-state index contributed by atoms with van der Waals surface area (Å²) in [5.41, 5.74) is 2.75. The Morgan fingerprint density at radius 3 is 2.63 bits per heavy atom. The molecule has 6 nitrogen and oxygen atoms in total. The van der Waals surface area contributed by atoms with E-state index in [2.05, 4.69) is 41.1 Å². The third-order valence-corrected chi connectivity index (χ3v) is 5.34. The van der Waals surface area contributed by atoms with Crippen molar-refractivity contribution in [2.75, 3.05) is 20.3 Å². The van der Waals surface area contributed by atoms with E-state index >= 15 is 0 Å². The fourth-order valence-electron chi connectivity index (χ4n) is 3.78. The standard InChI is InChI=1S/C24H25N3O3/c1-17-7-8-22-18(15-17)9-11-26(22)12-10-25-23(28)21-16-27(13-14-30-2)24(29)20-6-4-3-5-19(20)21/h3-9,11,15-16H,10,12-14H2,1-2H3,(H,25,28). The molecule has 0 aliphatic rings. The predicted molar refractivity (Wildman–Crippen MR) is 119 cm³/mol. The van der Waals surface area contributed by atoms with Crippen molar-refractivity contribution < 1.29 is 9.53 Å². The van der Waals surface area contributed by atoms with Crippen LogP contribution in [0.15, 0.2) is 65.7 Å². The number of amides is 1. The Kier molecular flexibility index (Phi) is 5.68. The van der Waals surface area contributed by atoms with E-state index in [1.165, 1.54) is 10.9 Å². The second-order valence-corrected chi connectivity index (χ2v) is 7.41. The van der Waals surface area contributed by atoms with Gasteiger partial charge in [-0.15, -0.1) is 0 Å². The van der Waals surface area contributed by atoms with E-state index in [0.717, 1.165) is 5.52 Å². The van der Waals surface area contributed by atoms with Gasteiger partial charge < -0.3 is 19.2 Å². The quantitative estimate of drug-likeness (QED) is 0.515. The number of benzene rings is 2. The first-order chi connectivity index (χ1) is 14.6. The van der Waals surface area contributed by atoms with Crippen molar-refractivity contribution >= 4 is 27.6 Å². The number of pyridine rings is 1. The Hall–Kier alpha value is -3.38. The highest BCUT2D eigenvalue weighted by Gasteiger charge is 2.14. The number of nitrogens with zero attached hydrogens (tertiary/aromatic N) is 2. The van der Waals surface area contributed by atoms with Gasteiger partial charge in [0, 0.05) is 55.4 Å². The highest BCUT2D eigenvalue weighted by molar-refractivity contribution is 6.06. The Labute approximate surface area is 174 Å². The van der Waals surface area contributed by atoms with Gasteiger partial charge in [0.15, 0.2) is 0 Å². The third kappa shape index (κ3) is 3.86. The summed E-state index contributed by atoms with van der Waals surface area (Å²) in [6.45, 7) is 4.03. The number of hydrogen-bond donors (Lipinski definition) is 1. The van der Waals surface area contributed by atoms with Gasteiger partial charge in [0.1, 0.15) is 0 Å². The van der Waals surface area contributed by atoms with E-state index < -0.39 is 0 Å². The molecule has 0 saturated heterocycles. The Bertz CT molecular complexity index is 1270. The van der Waals surface area contributed by atoms with Crippen LogP contribution < -0.4 is 10.9 Å². The number of nitrogens with one attached hydrogen (secondary N) is 1. The fraction of sp³-hybridized carbons (Fsp3) is 0.250. The number of rotatable bonds is 7. The Balaban J connectivity index is 1.55. The first kappa shape index (κ1) is 19.9. The maximum absolute atomic E-state index is 13.0. The van der Waals surface area contributed by atoms with Crippen LogP contribution in [0.2, 0.25) is 0 Å². The molecule has 0 fully saturated rings. The van der Waals surface area contributed by atoms with Crippen LogP contribution in [0, 0.1) is 6.92 Å². The smallest absolute Gasteiger partial charge is 0.258 e. The van der Waals surface area contributed by atoms with Crippen LogP contribution in [-0.2, 0) is 17.8 Å². The minimum Gasteiger partial charge on any atom is -0.383 e. The minimum atomic E-state index is -0.190. The molecular formula is C24H25N3O3. The summed E-state index contributed by atoms with van der Waals surface area (Å²) in [6.07, 6.45) is 3.67. The second-order valence-electron chi connectivity index (χ2n) is 7.41. The summed E-state index contributed by atoms with van der Waals surface area (Å²) in [7, 11) is 1.59. The minimum absolute atomic E-state index is 0.117. The number of aromatic nitrogens is 2. The summed E-state index contributed by atoms with van der Waals surface area (Å²) >= 11 is 0. The number of carbonyl (C=O) groups is 1. The van der Waals surface area contributed by atoms with Crippen LogP contribution in [0.25, 0.3) is 21.7 Å². The molecule has 2 aromatic carbocycles. The van der Waals surface area contributed by atoms with Crippen LogP contribution in [0.4, 0.5) is 0 Å². The van der Waals surface area contributed by atoms with Crippen LogP contribution in [0.3, 0.4) is 0 Å². The van der Waals surface area contributed by atoms with Gasteiger partial charge in [-0.25, -0.2) is 0 Å². The molecule has 30 heavy (non-hydrogen) atoms. The van der Waals surface area contributed by atoms with Gasteiger partial charge in [-0.2, -0.15) is 0 Å². The topological polar surface area (TPSA) is 65.3 Å². The lowest BCUT2D eigenvalue weighted by Gasteiger charge is -2.13. The molecule has 0 aliphatic carbocycles. The summed E-state index contributed by atoms with van der Waals surface area (Å²) in [5, 5.41) is 5.39. The number of methoxy groups -OCH3 is 1. The lowest BCUT2D eigenvalue weighted by Crippen LogP contribution is -2.30. The number of carbonyl (C=O) groups excluding carboxylic acids is 1. The second kappa shape index (κ2) is 8.55. The van der Waals surface area contributed by atoms with Gasteiger partial charge in [0.05, 0.1) is 12.2 Å². The molecule has 154 valence electrons.